The number of fused-ring (bicyclic) bond motifs is 1. The van der Waals surface area contributed by atoms with Crippen molar-refractivity contribution in [3.63, 3.8) is 0 Å². The Balaban J connectivity index is 1.56. The summed E-state index contributed by atoms with van der Waals surface area (Å²) >= 11 is 0. The van der Waals surface area contributed by atoms with Crippen LogP contribution in [0.2, 0.25) is 0 Å². The van der Waals surface area contributed by atoms with Crippen LogP contribution in [0.5, 0.6) is 0 Å². The van der Waals surface area contributed by atoms with Crippen LogP contribution < -0.4 is 14.9 Å². The number of nitrogens with one attached hydrogen (secondary N) is 2. The van der Waals surface area contributed by atoms with Gasteiger partial charge >= 0.3 is 0 Å². The van der Waals surface area contributed by atoms with Crippen LogP contribution in [-0.2, 0) is 16.4 Å². The minimum absolute atomic E-state index is 0.167. The zero-order chi connectivity index (χ0) is 21.3. The van der Waals surface area contributed by atoms with E-state index in [9.17, 15) is 18.0 Å². The predicted octanol–water partition coefficient (Wildman–Crippen LogP) is 2.64. The van der Waals surface area contributed by atoms with Crippen LogP contribution in [0.4, 0.5) is 11.4 Å². The third kappa shape index (κ3) is 3.72. The lowest BCUT2D eigenvalue weighted by Gasteiger charge is -2.18. The lowest BCUT2D eigenvalue weighted by molar-refractivity contribution is 0.0982. The Hall–Kier alpha value is -3.43. The van der Waals surface area contributed by atoms with E-state index in [0.29, 0.717) is 29.9 Å². The Morgan fingerprint density at radius 1 is 1.07 bits per heavy atom. The summed E-state index contributed by atoms with van der Waals surface area (Å²) in [6, 6.07) is 14.5. The molecule has 0 atom stereocenters. The molecule has 0 radical (unpaired) electrons. The van der Waals surface area contributed by atoms with Gasteiger partial charge in [-0.15, -0.1) is 0 Å². The molecule has 0 unspecified atom stereocenters. The van der Waals surface area contributed by atoms with Crippen molar-refractivity contribution in [3.05, 3.63) is 77.7 Å². The van der Waals surface area contributed by atoms with Crippen molar-refractivity contribution >= 4 is 33.2 Å². The van der Waals surface area contributed by atoms with Gasteiger partial charge in [-0.05, 0) is 67.6 Å². The van der Waals surface area contributed by atoms with E-state index in [1.165, 1.54) is 19.4 Å². The number of hydrogen-bond acceptors (Lipinski definition) is 5. The average Bonchev–Trinajstić information content (AvgIpc) is 3.43. The summed E-state index contributed by atoms with van der Waals surface area (Å²) in [7, 11) is -2.19. The summed E-state index contributed by atoms with van der Waals surface area (Å²) in [4.78, 5) is 27.0. The van der Waals surface area contributed by atoms with Crippen molar-refractivity contribution in [2.24, 2.45) is 0 Å². The highest BCUT2D eigenvalue weighted by Gasteiger charge is 2.27. The second-order valence-electron chi connectivity index (χ2n) is 6.72. The zero-order valence-electron chi connectivity index (χ0n) is 16.1. The molecule has 30 heavy (non-hydrogen) atoms. The van der Waals surface area contributed by atoms with Crippen LogP contribution in [0.3, 0.4) is 0 Å². The first-order valence-corrected chi connectivity index (χ1v) is 10.7. The molecule has 2 aromatic carbocycles. The van der Waals surface area contributed by atoms with Gasteiger partial charge in [-0.2, -0.15) is 0 Å². The lowest BCUT2D eigenvalue weighted by atomic mass is 10.1. The van der Waals surface area contributed by atoms with Crippen LogP contribution in [0.15, 0.2) is 70.2 Å². The summed E-state index contributed by atoms with van der Waals surface area (Å²) in [5.41, 5.74) is 2.35. The average molecular weight is 425 g/mol. The van der Waals surface area contributed by atoms with E-state index in [1.54, 1.807) is 53.4 Å². The molecule has 154 valence electrons. The molecule has 0 saturated carbocycles. The number of carbonyl (C=O) groups is 2. The van der Waals surface area contributed by atoms with Gasteiger partial charge in [0.05, 0.1) is 11.2 Å². The molecule has 8 nitrogen and oxygen atoms in total. The molecule has 1 aromatic heterocycles. The van der Waals surface area contributed by atoms with Gasteiger partial charge < -0.3 is 14.6 Å². The SMILES string of the molecule is CNS(=O)(=O)c1ccc2c(c1)CCN2C(=O)c1cccc(NC(=O)c2ccco2)c1. The van der Waals surface area contributed by atoms with Crippen molar-refractivity contribution in [2.75, 3.05) is 23.8 Å². The third-order valence-electron chi connectivity index (χ3n) is 4.88. The van der Waals surface area contributed by atoms with Gasteiger partial charge in [0.15, 0.2) is 5.76 Å². The van der Waals surface area contributed by atoms with Gasteiger partial charge in [-0.3, -0.25) is 9.59 Å². The molecule has 0 spiro atoms. The van der Waals surface area contributed by atoms with Crippen LogP contribution in [0.25, 0.3) is 0 Å². The number of benzene rings is 2. The molecule has 2 N–H and O–H groups in total. The minimum atomic E-state index is -3.55. The van der Waals surface area contributed by atoms with Crippen LogP contribution in [0, 0.1) is 0 Å². The summed E-state index contributed by atoms with van der Waals surface area (Å²) < 4.78 is 31.4. The first-order valence-electron chi connectivity index (χ1n) is 9.22. The van der Waals surface area contributed by atoms with Crippen molar-refractivity contribution in [2.45, 2.75) is 11.3 Å². The Morgan fingerprint density at radius 3 is 2.63 bits per heavy atom. The number of amides is 2. The molecule has 1 aliphatic heterocycles. The van der Waals surface area contributed by atoms with Gasteiger partial charge in [0, 0.05) is 23.5 Å². The van der Waals surface area contributed by atoms with E-state index in [2.05, 4.69) is 10.0 Å². The molecular formula is C21H19N3O5S. The predicted molar refractivity (Wildman–Crippen MR) is 111 cm³/mol. The van der Waals surface area contributed by atoms with Crippen LogP contribution in [0.1, 0.15) is 26.5 Å². The maximum absolute atomic E-state index is 13.1. The van der Waals surface area contributed by atoms with Gasteiger partial charge in [-0.1, -0.05) is 6.07 Å². The highest BCUT2D eigenvalue weighted by atomic mass is 32.2. The lowest BCUT2D eigenvalue weighted by Crippen LogP contribution is -2.29. The topological polar surface area (TPSA) is 109 Å². The van der Waals surface area contributed by atoms with Gasteiger partial charge in [0.25, 0.3) is 11.8 Å². The molecule has 0 bridgehead atoms. The number of anilines is 2. The first-order chi connectivity index (χ1) is 14.4. The number of sulfonamides is 1. The molecule has 2 amide bonds. The Bertz CT molecular complexity index is 1220. The smallest absolute Gasteiger partial charge is 0.291 e. The summed E-state index contributed by atoms with van der Waals surface area (Å²) in [6.07, 6.45) is 1.97. The van der Waals surface area contributed by atoms with Crippen LogP contribution in [-0.4, -0.2) is 33.8 Å². The summed E-state index contributed by atoms with van der Waals surface area (Å²) in [5.74, 6) is -0.464. The third-order valence-corrected chi connectivity index (χ3v) is 6.30. The number of furan rings is 1. The quantitative estimate of drug-likeness (QED) is 0.653. The van der Waals surface area contributed by atoms with E-state index in [0.717, 1.165) is 5.56 Å². The fourth-order valence-electron chi connectivity index (χ4n) is 3.36. The molecule has 3 aromatic rings. The molecule has 1 aliphatic rings. The number of rotatable bonds is 5. The highest BCUT2D eigenvalue weighted by Crippen LogP contribution is 2.31. The minimum Gasteiger partial charge on any atom is -0.459 e. The maximum Gasteiger partial charge on any atom is 0.291 e. The van der Waals surface area contributed by atoms with E-state index >= 15 is 0 Å². The highest BCUT2D eigenvalue weighted by molar-refractivity contribution is 7.89. The van der Waals surface area contributed by atoms with Gasteiger partial charge in [-0.25, -0.2) is 13.1 Å². The first kappa shape index (κ1) is 19.9. The van der Waals surface area contributed by atoms with Crippen molar-refractivity contribution in [3.8, 4) is 0 Å². The molecule has 9 heteroatoms. The monoisotopic (exact) mass is 425 g/mol. The standard InChI is InChI=1S/C21H19N3O5S/c1-22-30(27,28)17-7-8-18-14(13-17)9-10-24(18)21(26)15-4-2-5-16(12-15)23-20(25)19-6-3-11-29-19/h2-8,11-13,22H,9-10H2,1H3,(H,23,25). The second kappa shape index (κ2) is 7.77. The molecule has 2 heterocycles. The number of carbonyl (C=O) groups excluding carboxylic acids is 2. The fraction of sp³-hybridized carbons (Fsp3) is 0.143. The molecule has 0 aliphatic carbocycles. The Morgan fingerprint density at radius 2 is 1.90 bits per heavy atom. The largest absolute Gasteiger partial charge is 0.459 e. The zero-order valence-corrected chi connectivity index (χ0v) is 16.9. The van der Waals surface area contributed by atoms with E-state index in [1.807, 2.05) is 0 Å². The van der Waals surface area contributed by atoms with Crippen molar-refractivity contribution < 1.29 is 22.4 Å². The van der Waals surface area contributed by atoms with Crippen molar-refractivity contribution in [1.82, 2.24) is 4.72 Å². The maximum atomic E-state index is 13.1. The Kier molecular flexibility index (Phi) is 5.15. The van der Waals surface area contributed by atoms with Gasteiger partial charge in [0.1, 0.15) is 0 Å². The van der Waals surface area contributed by atoms with E-state index in [-0.39, 0.29) is 16.6 Å². The normalized spacial score (nSPS) is 13.2. The van der Waals surface area contributed by atoms with Crippen LogP contribution >= 0.6 is 0 Å². The number of hydrogen-bond donors (Lipinski definition) is 2. The number of nitrogens with zero attached hydrogens (tertiary/aromatic N) is 1. The summed E-state index contributed by atoms with van der Waals surface area (Å²) in [5, 5.41) is 2.70. The van der Waals surface area contributed by atoms with Gasteiger partial charge in [0.2, 0.25) is 10.0 Å². The second-order valence-corrected chi connectivity index (χ2v) is 8.60. The van der Waals surface area contributed by atoms with Crippen molar-refractivity contribution in [1.29, 1.82) is 0 Å². The molecular weight excluding hydrogens is 406 g/mol. The summed E-state index contributed by atoms with van der Waals surface area (Å²) in [6.45, 7) is 0.445. The molecule has 0 saturated heterocycles. The fourth-order valence-corrected chi connectivity index (χ4v) is 4.14. The van der Waals surface area contributed by atoms with E-state index in [4.69, 9.17) is 4.42 Å². The molecule has 0 fully saturated rings. The molecule has 4 rings (SSSR count). The Labute approximate surface area is 173 Å². The van der Waals surface area contributed by atoms with E-state index < -0.39 is 15.9 Å².